The molecule has 3 aromatic rings. The number of nitrogens with zero attached hydrogens (tertiary/aromatic N) is 4. The molecule has 0 aliphatic rings. The van der Waals surface area contributed by atoms with Crippen molar-refractivity contribution in [3.63, 3.8) is 0 Å². The molecular formula is C13H15N5OS. The van der Waals surface area contributed by atoms with Crippen LogP contribution in [0.1, 0.15) is 11.5 Å². The highest BCUT2D eigenvalue weighted by Gasteiger charge is 2.08. The SMILES string of the molecule is Cc1cnn(CCNCc2nc(-c3ccsc3)no2)c1. The molecule has 0 aliphatic heterocycles. The lowest BCUT2D eigenvalue weighted by Gasteiger charge is -2.01. The third-order valence-corrected chi connectivity index (χ3v) is 3.49. The second-order valence-corrected chi connectivity index (χ2v) is 5.26. The number of nitrogens with one attached hydrogen (secondary N) is 1. The van der Waals surface area contributed by atoms with Gasteiger partial charge in [0.2, 0.25) is 11.7 Å². The van der Waals surface area contributed by atoms with E-state index in [4.69, 9.17) is 4.52 Å². The highest BCUT2D eigenvalue weighted by atomic mass is 32.1. The van der Waals surface area contributed by atoms with E-state index in [-0.39, 0.29) is 0 Å². The fourth-order valence-electron chi connectivity index (χ4n) is 1.81. The monoisotopic (exact) mass is 289 g/mol. The van der Waals surface area contributed by atoms with Crippen LogP contribution in [-0.4, -0.2) is 26.5 Å². The normalized spacial score (nSPS) is 11.1. The first-order valence-corrected chi connectivity index (χ1v) is 7.30. The van der Waals surface area contributed by atoms with Gasteiger partial charge in [-0.3, -0.25) is 4.68 Å². The molecule has 0 aromatic carbocycles. The maximum absolute atomic E-state index is 5.20. The molecule has 3 aromatic heterocycles. The molecule has 0 unspecified atom stereocenters. The lowest BCUT2D eigenvalue weighted by atomic mass is 10.3. The van der Waals surface area contributed by atoms with Crippen molar-refractivity contribution in [2.24, 2.45) is 0 Å². The van der Waals surface area contributed by atoms with E-state index in [9.17, 15) is 0 Å². The van der Waals surface area contributed by atoms with Crippen molar-refractivity contribution < 1.29 is 4.52 Å². The molecule has 1 N–H and O–H groups in total. The van der Waals surface area contributed by atoms with Gasteiger partial charge >= 0.3 is 0 Å². The second-order valence-electron chi connectivity index (χ2n) is 4.48. The smallest absolute Gasteiger partial charge is 0.240 e. The zero-order valence-electron chi connectivity index (χ0n) is 11.1. The molecule has 0 bridgehead atoms. The molecule has 0 atom stereocenters. The van der Waals surface area contributed by atoms with Gasteiger partial charge in [0.15, 0.2) is 0 Å². The van der Waals surface area contributed by atoms with Crippen LogP contribution in [0.15, 0.2) is 33.7 Å². The summed E-state index contributed by atoms with van der Waals surface area (Å²) in [6.45, 7) is 4.22. The van der Waals surface area contributed by atoms with Crippen LogP contribution in [0.5, 0.6) is 0 Å². The van der Waals surface area contributed by atoms with Crippen molar-refractivity contribution in [2.75, 3.05) is 6.54 Å². The topological polar surface area (TPSA) is 68.8 Å². The first kappa shape index (κ1) is 13.0. The van der Waals surface area contributed by atoms with Gasteiger partial charge in [-0.2, -0.15) is 21.4 Å². The standard InChI is InChI=1S/C13H15N5OS/c1-10-6-15-18(8-10)4-3-14-7-12-16-13(17-19-12)11-2-5-20-9-11/h2,5-6,8-9,14H,3-4,7H2,1H3. The summed E-state index contributed by atoms with van der Waals surface area (Å²) >= 11 is 1.62. The Balaban J connectivity index is 1.47. The number of thiophene rings is 1. The molecule has 7 heteroatoms. The fourth-order valence-corrected chi connectivity index (χ4v) is 2.45. The molecular weight excluding hydrogens is 274 g/mol. The molecule has 0 radical (unpaired) electrons. The number of hydrogen-bond acceptors (Lipinski definition) is 6. The zero-order valence-corrected chi connectivity index (χ0v) is 11.9. The molecule has 0 spiro atoms. The highest BCUT2D eigenvalue weighted by molar-refractivity contribution is 7.08. The van der Waals surface area contributed by atoms with Gasteiger partial charge in [-0.25, -0.2) is 0 Å². The molecule has 0 amide bonds. The van der Waals surface area contributed by atoms with E-state index in [2.05, 4.69) is 20.6 Å². The van der Waals surface area contributed by atoms with Crippen molar-refractivity contribution in [3.8, 4) is 11.4 Å². The Labute approximate surface area is 120 Å². The largest absolute Gasteiger partial charge is 0.338 e. The zero-order chi connectivity index (χ0) is 13.8. The average Bonchev–Trinajstić information content (AvgIpc) is 3.16. The lowest BCUT2D eigenvalue weighted by Crippen LogP contribution is -2.19. The van der Waals surface area contributed by atoms with Crippen LogP contribution in [0.2, 0.25) is 0 Å². The maximum Gasteiger partial charge on any atom is 0.240 e. The van der Waals surface area contributed by atoms with Gasteiger partial charge in [0.1, 0.15) is 0 Å². The van der Waals surface area contributed by atoms with Gasteiger partial charge in [-0.1, -0.05) is 5.16 Å². The van der Waals surface area contributed by atoms with Crippen molar-refractivity contribution in [1.29, 1.82) is 0 Å². The van der Waals surface area contributed by atoms with Gasteiger partial charge in [0.05, 0.1) is 19.3 Å². The predicted octanol–water partition coefficient (Wildman–Crippen LogP) is 2.09. The van der Waals surface area contributed by atoms with Gasteiger partial charge in [-0.05, 0) is 23.9 Å². The van der Waals surface area contributed by atoms with E-state index in [1.54, 1.807) is 11.3 Å². The van der Waals surface area contributed by atoms with Crippen molar-refractivity contribution >= 4 is 11.3 Å². The van der Waals surface area contributed by atoms with Gasteiger partial charge in [-0.15, -0.1) is 0 Å². The van der Waals surface area contributed by atoms with Crippen LogP contribution in [0, 0.1) is 6.92 Å². The van der Waals surface area contributed by atoms with Crippen LogP contribution in [-0.2, 0) is 13.1 Å². The minimum Gasteiger partial charge on any atom is -0.338 e. The summed E-state index contributed by atoms with van der Waals surface area (Å²) < 4.78 is 7.11. The lowest BCUT2D eigenvalue weighted by molar-refractivity contribution is 0.365. The number of aromatic nitrogens is 4. The first-order valence-electron chi connectivity index (χ1n) is 6.36. The highest BCUT2D eigenvalue weighted by Crippen LogP contribution is 2.18. The van der Waals surface area contributed by atoms with Gasteiger partial charge in [0.25, 0.3) is 0 Å². The van der Waals surface area contributed by atoms with E-state index in [1.807, 2.05) is 40.8 Å². The summed E-state index contributed by atoms with van der Waals surface area (Å²) in [4.78, 5) is 4.35. The summed E-state index contributed by atoms with van der Waals surface area (Å²) in [5.74, 6) is 1.24. The summed E-state index contributed by atoms with van der Waals surface area (Å²) in [6, 6.07) is 1.98. The molecule has 104 valence electrons. The third kappa shape index (κ3) is 3.12. The van der Waals surface area contributed by atoms with Gasteiger partial charge in [0, 0.05) is 23.7 Å². The van der Waals surface area contributed by atoms with E-state index in [0.717, 1.165) is 18.7 Å². The van der Waals surface area contributed by atoms with Crippen LogP contribution in [0.25, 0.3) is 11.4 Å². The quantitative estimate of drug-likeness (QED) is 0.704. The molecule has 3 rings (SSSR count). The second kappa shape index (κ2) is 5.98. The van der Waals surface area contributed by atoms with Crippen molar-refractivity contribution in [3.05, 3.63) is 40.7 Å². The summed E-state index contributed by atoms with van der Waals surface area (Å²) in [6.07, 6.45) is 3.87. The number of aryl methyl sites for hydroxylation is 1. The Morgan fingerprint density at radius 3 is 3.15 bits per heavy atom. The maximum atomic E-state index is 5.20. The van der Waals surface area contributed by atoms with Crippen molar-refractivity contribution in [1.82, 2.24) is 25.2 Å². The van der Waals surface area contributed by atoms with E-state index in [0.29, 0.717) is 18.3 Å². The Hall–Kier alpha value is -1.99. The molecule has 0 saturated heterocycles. The summed E-state index contributed by atoms with van der Waals surface area (Å²) in [7, 11) is 0. The molecule has 0 saturated carbocycles. The van der Waals surface area contributed by atoms with Gasteiger partial charge < -0.3 is 9.84 Å². The van der Waals surface area contributed by atoms with E-state index >= 15 is 0 Å². The van der Waals surface area contributed by atoms with Crippen LogP contribution >= 0.6 is 11.3 Å². The summed E-state index contributed by atoms with van der Waals surface area (Å²) in [5, 5.41) is 15.4. The number of rotatable bonds is 6. The van der Waals surface area contributed by atoms with Crippen LogP contribution in [0.4, 0.5) is 0 Å². The van der Waals surface area contributed by atoms with Crippen molar-refractivity contribution in [2.45, 2.75) is 20.0 Å². The Morgan fingerprint density at radius 2 is 2.40 bits per heavy atom. The van der Waals surface area contributed by atoms with E-state index < -0.39 is 0 Å². The van der Waals surface area contributed by atoms with Crippen LogP contribution < -0.4 is 5.32 Å². The average molecular weight is 289 g/mol. The van der Waals surface area contributed by atoms with E-state index in [1.165, 1.54) is 5.56 Å². The molecule has 3 heterocycles. The van der Waals surface area contributed by atoms with Crippen LogP contribution in [0.3, 0.4) is 0 Å². The fraction of sp³-hybridized carbons (Fsp3) is 0.308. The molecule has 6 nitrogen and oxygen atoms in total. The minimum absolute atomic E-state index is 0.567. The molecule has 0 aliphatic carbocycles. The Morgan fingerprint density at radius 1 is 1.45 bits per heavy atom. The summed E-state index contributed by atoms with van der Waals surface area (Å²) in [5.41, 5.74) is 2.17. The minimum atomic E-state index is 0.567. The number of hydrogen-bond donors (Lipinski definition) is 1. The molecule has 0 fully saturated rings. The third-order valence-electron chi connectivity index (χ3n) is 2.80. The molecule has 20 heavy (non-hydrogen) atoms. The predicted molar refractivity (Wildman–Crippen MR) is 76.3 cm³/mol. The Kier molecular flexibility index (Phi) is 3.89. The first-order chi connectivity index (χ1) is 9.81. The Bertz CT molecular complexity index is 658.